The van der Waals surface area contributed by atoms with Crippen molar-refractivity contribution in [1.29, 1.82) is 0 Å². The van der Waals surface area contributed by atoms with Gasteiger partial charge in [0, 0.05) is 31.9 Å². The highest BCUT2D eigenvalue weighted by molar-refractivity contribution is 5.59. The third-order valence-corrected chi connectivity index (χ3v) is 2.61. The van der Waals surface area contributed by atoms with E-state index in [0.717, 1.165) is 5.82 Å². The summed E-state index contributed by atoms with van der Waals surface area (Å²) < 4.78 is 13.1. The lowest BCUT2D eigenvalue weighted by molar-refractivity contribution is 0.628. The maximum absolute atomic E-state index is 13.1. The van der Waals surface area contributed by atoms with Gasteiger partial charge in [-0.3, -0.25) is 0 Å². The molecule has 2 rings (SSSR count). The van der Waals surface area contributed by atoms with Crippen LogP contribution < -0.4 is 16.0 Å². The number of hydrogen-bond acceptors (Lipinski definition) is 5. The Morgan fingerprint density at radius 2 is 2.16 bits per heavy atom. The van der Waals surface area contributed by atoms with E-state index < -0.39 is 0 Å². The van der Waals surface area contributed by atoms with Gasteiger partial charge in [-0.2, -0.15) is 0 Å². The zero-order chi connectivity index (χ0) is 13.7. The van der Waals surface area contributed by atoms with E-state index >= 15 is 0 Å². The van der Waals surface area contributed by atoms with Gasteiger partial charge in [-0.05, 0) is 18.2 Å². The van der Waals surface area contributed by atoms with Crippen LogP contribution in [0.2, 0.25) is 0 Å². The van der Waals surface area contributed by atoms with Crippen LogP contribution in [-0.2, 0) is 0 Å². The van der Waals surface area contributed by atoms with Gasteiger partial charge in [0.25, 0.3) is 0 Å². The second-order valence-corrected chi connectivity index (χ2v) is 4.11. The van der Waals surface area contributed by atoms with Crippen LogP contribution in [0.1, 0.15) is 0 Å². The monoisotopic (exact) mass is 261 g/mol. The highest BCUT2D eigenvalue weighted by atomic mass is 19.1. The summed E-state index contributed by atoms with van der Waals surface area (Å²) in [7, 11) is 1.90. The fourth-order valence-electron chi connectivity index (χ4n) is 1.65. The van der Waals surface area contributed by atoms with Crippen LogP contribution in [0, 0.1) is 5.82 Å². The number of nitrogens with one attached hydrogen (secondary N) is 1. The molecule has 1 aromatic carbocycles. The van der Waals surface area contributed by atoms with Crippen molar-refractivity contribution < 1.29 is 4.39 Å². The SMILES string of the molecule is CN(CCN)c1cc(Nc2cccc(F)c2)ncn1. The third-order valence-electron chi connectivity index (χ3n) is 2.61. The maximum atomic E-state index is 13.1. The first-order valence-electron chi connectivity index (χ1n) is 5.95. The quantitative estimate of drug-likeness (QED) is 0.858. The van der Waals surface area contributed by atoms with Crippen molar-refractivity contribution in [2.24, 2.45) is 5.73 Å². The van der Waals surface area contributed by atoms with Gasteiger partial charge in [-0.1, -0.05) is 6.07 Å². The molecule has 0 saturated heterocycles. The van der Waals surface area contributed by atoms with E-state index in [1.165, 1.54) is 18.5 Å². The zero-order valence-corrected chi connectivity index (χ0v) is 10.7. The van der Waals surface area contributed by atoms with Crippen molar-refractivity contribution in [1.82, 2.24) is 9.97 Å². The molecule has 0 spiro atoms. The lowest BCUT2D eigenvalue weighted by Crippen LogP contribution is -2.25. The van der Waals surface area contributed by atoms with Gasteiger partial charge in [-0.25, -0.2) is 14.4 Å². The number of halogens is 1. The summed E-state index contributed by atoms with van der Waals surface area (Å²) in [6, 6.07) is 8.01. The Labute approximate surface area is 111 Å². The van der Waals surface area contributed by atoms with E-state index in [2.05, 4.69) is 15.3 Å². The Morgan fingerprint density at radius 3 is 2.89 bits per heavy atom. The molecule has 0 bridgehead atoms. The number of rotatable bonds is 5. The molecule has 0 saturated carbocycles. The minimum atomic E-state index is -0.292. The highest BCUT2D eigenvalue weighted by Gasteiger charge is 2.04. The summed E-state index contributed by atoms with van der Waals surface area (Å²) >= 11 is 0. The molecule has 0 aliphatic carbocycles. The molecule has 6 heteroatoms. The molecule has 0 amide bonds. The molecule has 1 aromatic heterocycles. The maximum Gasteiger partial charge on any atom is 0.135 e. The predicted molar refractivity (Wildman–Crippen MR) is 74.0 cm³/mol. The summed E-state index contributed by atoms with van der Waals surface area (Å²) in [6.45, 7) is 1.25. The van der Waals surface area contributed by atoms with Crippen molar-refractivity contribution in [2.45, 2.75) is 0 Å². The minimum Gasteiger partial charge on any atom is -0.358 e. The smallest absolute Gasteiger partial charge is 0.135 e. The molecule has 3 N–H and O–H groups in total. The Bertz CT molecular complexity index is 546. The molecule has 0 unspecified atom stereocenters. The normalized spacial score (nSPS) is 10.3. The zero-order valence-electron chi connectivity index (χ0n) is 10.7. The molecule has 0 radical (unpaired) electrons. The van der Waals surface area contributed by atoms with E-state index in [-0.39, 0.29) is 5.82 Å². The highest BCUT2D eigenvalue weighted by Crippen LogP contribution is 2.18. The number of aromatic nitrogens is 2. The number of nitrogens with two attached hydrogens (primary N) is 1. The number of likely N-dealkylation sites (N-methyl/N-ethyl adjacent to an activating group) is 1. The molecule has 2 aromatic rings. The van der Waals surface area contributed by atoms with Crippen molar-refractivity contribution >= 4 is 17.3 Å². The molecule has 0 atom stereocenters. The van der Waals surface area contributed by atoms with E-state index in [1.54, 1.807) is 18.2 Å². The molecule has 100 valence electrons. The molecular weight excluding hydrogens is 245 g/mol. The van der Waals surface area contributed by atoms with Gasteiger partial charge >= 0.3 is 0 Å². The van der Waals surface area contributed by atoms with Gasteiger partial charge in [0.2, 0.25) is 0 Å². The number of benzene rings is 1. The Kier molecular flexibility index (Phi) is 4.25. The Hall–Kier alpha value is -2.21. The van der Waals surface area contributed by atoms with Crippen LogP contribution >= 0.6 is 0 Å². The Balaban J connectivity index is 2.15. The van der Waals surface area contributed by atoms with Gasteiger partial charge in [-0.15, -0.1) is 0 Å². The van der Waals surface area contributed by atoms with Crippen LogP contribution in [-0.4, -0.2) is 30.1 Å². The van der Waals surface area contributed by atoms with E-state index in [1.807, 2.05) is 11.9 Å². The van der Waals surface area contributed by atoms with Crippen molar-refractivity contribution in [3.05, 3.63) is 42.5 Å². The average molecular weight is 261 g/mol. The third kappa shape index (κ3) is 3.62. The van der Waals surface area contributed by atoms with E-state index in [9.17, 15) is 4.39 Å². The fraction of sp³-hybridized carbons (Fsp3) is 0.231. The minimum absolute atomic E-state index is 0.292. The van der Waals surface area contributed by atoms with Gasteiger partial charge in [0.1, 0.15) is 23.8 Å². The van der Waals surface area contributed by atoms with Crippen LogP contribution in [0.25, 0.3) is 0 Å². The lowest BCUT2D eigenvalue weighted by atomic mass is 10.3. The second-order valence-electron chi connectivity index (χ2n) is 4.11. The molecular formula is C13H16FN5. The van der Waals surface area contributed by atoms with Crippen molar-refractivity contribution in [3.63, 3.8) is 0 Å². The van der Waals surface area contributed by atoms with Gasteiger partial charge < -0.3 is 16.0 Å². The topological polar surface area (TPSA) is 67.1 Å². The number of nitrogens with zero attached hydrogens (tertiary/aromatic N) is 3. The molecule has 0 fully saturated rings. The molecule has 0 aliphatic heterocycles. The van der Waals surface area contributed by atoms with Crippen LogP contribution in [0.3, 0.4) is 0 Å². The lowest BCUT2D eigenvalue weighted by Gasteiger charge is -2.17. The van der Waals surface area contributed by atoms with E-state index in [0.29, 0.717) is 24.6 Å². The van der Waals surface area contributed by atoms with Crippen molar-refractivity contribution in [3.8, 4) is 0 Å². The molecule has 1 heterocycles. The van der Waals surface area contributed by atoms with Crippen molar-refractivity contribution in [2.75, 3.05) is 30.4 Å². The number of anilines is 3. The summed E-state index contributed by atoms with van der Waals surface area (Å²) in [5, 5.41) is 3.03. The molecule has 0 aliphatic rings. The largest absolute Gasteiger partial charge is 0.358 e. The van der Waals surface area contributed by atoms with E-state index in [4.69, 9.17) is 5.73 Å². The van der Waals surface area contributed by atoms with Gasteiger partial charge in [0.05, 0.1) is 0 Å². The molecule has 19 heavy (non-hydrogen) atoms. The van der Waals surface area contributed by atoms with Crippen LogP contribution in [0.5, 0.6) is 0 Å². The van der Waals surface area contributed by atoms with Crippen LogP contribution in [0.15, 0.2) is 36.7 Å². The molecule has 5 nitrogen and oxygen atoms in total. The summed E-state index contributed by atoms with van der Waals surface area (Å²) in [4.78, 5) is 10.2. The predicted octanol–water partition coefficient (Wildman–Crippen LogP) is 1.75. The average Bonchev–Trinajstić information content (AvgIpc) is 2.39. The summed E-state index contributed by atoms with van der Waals surface area (Å²) in [5.41, 5.74) is 6.15. The first kappa shape index (κ1) is 13.2. The summed E-state index contributed by atoms with van der Waals surface area (Å²) in [5.74, 6) is 1.08. The fourth-order valence-corrected chi connectivity index (χ4v) is 1.65. The summed E-state index contributed by atoms with van der Waals surface area (Å²) in [6.07, 6.45) is 1.46. The van der Waals surface area contributed by atoms with Crippen LogP contribution in [0.4, 0.5) is 21.7 Å². The Morgan fingerprint density at radius 1 is 1.32 bits per heavy atom. The standard InChI is InChI=1S/C13H16FN5/c1-19(6-5-15)13-8-12(16-9-17-13)18-11-4-2-3-10(14)7-11/h2-4,7-9H,5-6,15H2,1H3,(H,16,17,18). The van der Waals surface area contributed by atoms with Gasteiger partial charge in [0.15, 0.2) is 0 Å². The second kappa shape index (κ2) is 6.10. The number of hydrogen-bond donors (Lipinski definition) is 2. The first-order chi connectivity index (χ1) is 9.19. The first-order valence-corrected chi connectivity index (χ1v) is 5.95.